The average molecular weight is 544 g/mol. The van der Waals surface area contributed by atoms with E-state index in [1.54, 1.807) is 23.1 Å². The molecule has 3 unspecified atom stereocenters. The summed E-state index contributed by atoms with van der Waals surface area (Å²) in [6, 6.07) is 5.89. The Morgan fingerprint density at radius 3 is 2.73 bits per heavy atom. The predicted molar refractivity (Wildman–Crippen MR) is 141 cm³/mol. The van der Waals surface area contributed by atoms with Crippen LogP contribution in [0.4, 0.5) is 0 Å². The number of nitriles is 1. The lowest BCUT2D eigenvalue weighted by atomic mass is 9.72. The molecule has 196 valence electrons. The number of nitrogens with zero attached hydrogens (tertiary/aromatic N) is 2. The van der Waals surface area contributed by atoms with Crippen LogP contribution in [0, 0.1) is 22.7 Å². The minimum Gasteiger partial charge on any atom is -0.356 e. The quantitative estimate of drug-likeness (QED) is 0.511. The second-order valence-electron chi connectivity index (χ2n) is 10.8. The zero-order chi connectivity index (χ0) is 26.2. The highest BCUT2D eigenvalue weighted by Crippen LogP contribution is 2.47. The van der Waals surface area contributed by atoms with Gasteiger partial charge in [0.2, 0.25) is 11.8 Å². The number of aromatic nitrogens is 1. The van der Waals surface area contributed by atoms with E-state index in [2.05, 4.69) is 21.7 Å². The lowest BCUT2D eigenvalue weighted by molar-refractivity contribution is -0.128. The third-order valence-electron chi connectivity index (χ3n) is 8.29. The van der Waals surface area contributed by atoms with Crippen LogP contribution in [0.3, 0.4) is 0 Å². The van der Waals surface area contributed by atoms with Crippen molar-refractivity contribution in [3.05, 3.63) is 33.9 Å². The van der Waals surface area contributed by atoms with Crippen LogP contribution < -0.4 is 10.6 Å². The number of halogens is 2. The summed E-state index contributed by atoms with van der Waals surface area (Å²) in [5.74, 6) is -0.980. The van der Waals surface area contributed by atoms with Crippen molar-refractivity contribution in [2.75, 3.05) is 13.1 Å². The normalized spacial score (nSPS) is 24.0. The molecule has 3 aliphatic rings. The summed E-state index contributed by atoms with van der Waals surface area (Å²) in [5, 5.41) is 16.9. The smallest absolute Gasteiger partial charge is 0.271 e. The minimum absolute atomic E-state index is 0.0721. The van der Waals surface area contributed by atoms with Crippen LogP contribution in [0.2, 0.25) is 10.0 Å². The first kappa shape index (κ1) is 25.9. The molecule has 1 aromatic carbocycles. The highest BCUT2D eigenvalue weighted by atomic mass is 35.5. The van der Waals surface area contributed by atoms with Crippen LogP contribution in [0.15, 0.2) is 18.2 Å². The number of hydrogen-bond donors (Lipinski definition) is 3. The van der Waals surface area contributed by atoms with Crippen LogP contribution in [0.25, 0.3) is 10.9 Å². The van der Waals surface area contributed by atoms with E-state index in [9.17, 15) is 19.6 Å². The van der Waals surface area contributed by atoms with E-state index in [0.717, 1.165) is 43.9 Å². The van der Waals surface area contributed by atoms with Crippen molar-refractivity contribution >= 4 is 51.8 Å². The highest BCUT2D eigenvalue weighted by Gasteiger charge is 2.49. The Morgan fingerprint density at radius 1 is 1.22 bits per heavy atom. The molecule has 3 heterocycles. The number of hydrogen-bond acceptors (Lipinski definition) is 4. The Morgan fingerprint density at radius 2 is 2.00 bits per heavy atom. The summed E-state index contributed by atoms with van der Waals surface area (Å²) in [6.45, 7) is 1.14. The van der Waals surface area contributed by atoms with E-state index in [4.69, 9.17) is 23.2 Å². The van der Waals surface area contributed by atoms with Crippen molar-refractivity contribution in [1.29, 1.82) is 5.26 Å². The number of H-pyrrole nitrogens is 1. The molecule has 37 heavy (non-hydrogen) atoms. The average Bonchev–Trinajstić information content (AvgIpc) is 3.50. The second kappa shape index (κ2) is 10.5. The van der Waals surface area contributed by atoms with Gasteiger partial charge in [-0.05, 0) is 56.1 Å². The van der Waals surface area contributed by atoms with Crippen molar-refractivity contribution in [3.63, 3.8) is 0 Å². The third-order valence-corrected chi connectivity index (χ3v) is 9.10. The summed E-state index contributed by atoms with van der Waals surface area (Å²) >= 11 is 12.5. The maximum atomic E-state index is 13.8. The molecule has 0 bridgehead atoms. The number of aromatic amines is 1. The fourth-order valence-electron chi connectivity index (χ4n) is 6.33. The standard InChI is InChI=1S/C27H31Cl2N5O3/c28-19-7-6-16-12-20(33-23(16)22(19)29)26(37)34-15-27(8-2-1-3-9-27)13-21(34)25(36)32-18(14-30)11-17-5-4-10-31-24(17)35/h6-7,12,17-18,21,33H,1-5,8-11,13,15H2,(H,31,35)(H,32,36). The van der Waals surface area contributed by atoms with Gasteiger partial charge in [-0.25, -0.2) is 0 Å². The van der Waals surface area contributed by atoms with Gasteiger partial charge in [-0.15, -0.1) is 0 Å². The largest absolute Gasteiger partial charge is 0.356 e. The van der Waals surface area contributed by atoms with Crippen molar-refractivity contribution < 1.29 is 14.4 Å². The molecular weight excluding hydrogens is 513 g/mol. The van der Waals surface area contributed by atoms with E-state index in [-0.39, 0.29) is 35.5 Å². The van der Waals surface area contributed by atoms with Gasteiger partial charge in [0.25, 0.3) is 5.91 Å². The molecule has 3 amide bonds. The minimum atomic E-state index is -0.796. The fourth-order valence-corrected chi connectivity index (χ4v) is 6.71. The van der Waals surface area contributed by atoms with Gasteiger partial charge in [0.05, 0.1) is 21.6 Å². The van der Waals surface area contributed by atoms with Crippen LogP contribution in [-0.4, -0.2) is 52.8 Å². The second-order valence-corrected chi connectivity index (χ2v) is 11.6. The zero-order valence-electron chi connectivity index (χ0n) is 20.6. The van der Waals surface area contributed by atoms with Crippen LogP contribution in [0.1, 0.15) is 68.3 Å². The Hall–Kier alpha value is -2.76. The molecule has 1 aliphatic carbocycles. The fraction of sp³-hybridized carbons (Fsp3) is 0.556. The lowest BCUT2D eigenvalue weighted by Gasteiger charge is -2.32. The number of amides is 3. The molecular formula is C27H31Cl2N5O3. The van der Waals surface area contributed by atoms with E-state index in [1.807, 2.05) is 0 Å². The van der Waals surface area contributed by atoms with Crippen LogP contribution in [0.5, 0.6) is 0 Å². The summed E-state index contributed by atoms with van der Waals surface area (Å²) in [6.07, 6.45) is 7.65. The molecule has 2 saturated heterocycles. The number of likely N-dealkylation sites (tertiary alicyclic amines) is 1. The number of carbonyl (C=O) groups is 3. The summed E-state index contributed by atoms with van der Waals surface area (Å²) in [7, 11) is 0. The molecule has 8 nitrogen and oxygen atoms in total. The SMILES string of the molecule is N#CC(CC1CCCNC1=O)NC(=O)C1CC2(CCCCC2)CN1C(=O)c1cc2ccc(Cl)c(Cl)c2[nH]1. The monoisotopic (exact) mass is 543 g/mol. The van der Waals surface area contributed by atoms with E-state index in [1.165, 1.54) is 0 Å². The van der Waals surface area contributed by atoms with Crippen molar-refractivity contribution in [2.24, 2.45) is 11.3 Å². The number of nitrogens with one attached hydrogen (secondary N) is 3. The van der Waals surface area contributed by atoms with Crippen molar-refractivity contribution in [3.8, 4) is 6.07 Å². The van der Waals surface area contributed by atoms with E-state index < -0.39 is 12.1 Å². The van der Waals surface area contributed by atoms with Gasteiger partial charge >= 0.3 is 0 Å². The Bertz CT molecular complexity index is 1260. The van der Waals surface area contributed by atoms with Gasteiger partial charge in [-0.3, -0.25) is 14.4 Å². The molecule has 2 aliphatic heterocycles. The zero-order valence-corrected chi connectivity index (χ0v) is 22.1. The van der Waals surface area contributed by atoms with Gasteiger partial charge < -0.3 is 20.5 Å². The van der Waals surface area contributed by atoms with Crippen molar-refractivity contribution in [1.82, 2.24) is 20.5 Å². The van der Waals surface area contributed by atoms with Crippen molar-refractivity contribution in [2.45, 2.75) is 69.9 Å². The first-order valence-corrected chi connectivity index (χ1v) is 13.8. The van der Waals surface area contributed by atoms with Gasteiger partial charge in [-0.1, -0.05) is 48.5 Å². The highest BCUT2D eigenvalue weighted by molar-refractivity contribution is 6.45. The van der Waals surface area contributed by atoms with Crippen LogP contribution >= 0.6 is 23.2 Å². The molecule has 10 heteroatoms. The number of piperidine rings is 1. The summed E-state index contributed by atoms with van der Waals surface area (Å²) in [5.41, 5.74) is 0.829. The van der Waals surface area contributed by atoms with Gasteiger partial charge in [-0.2, -0.15) is 5.26 Å². The maximum Gasteiger partial charge on any atom is 0.271 e. The molecule has 1 spiro atoms. The molecule has 3 atom stereocenters. The Labute approximate surface area is 226 Å². The lowest BCUT2D eigenvalue weighted by Crippen LogP contribution is -2.49. The third kappa shape index (κ3) is 5.17. The van der Waals surface area contributed by atoms with Gasteiger partial charge in [0, 0.05) is 24.4 Å². The van der Waals surface area contributed by atoms with Crippen LogP contribution in [-0.2, 0) is 9.59 Å². The Kier molecular flexibility index (Phi) is 7.37. The molecule has 1 saturated carbocycles. The van der Waals surface area contributed by atoms with E-state index >= 15 is 0 Å². The first-order chi connectivity index (χ1) is 17.8. The molecule has 1 aromatic heterocycles. The Balaban J connectivity index is 1.38. The molecule has 0 radical (unpaired) electrons. The summed E-state index contributed by atoms with van der Waals surface area (Å²) < 4.78 is 0. The molecule has 2 aromatic rings. The number of rotatable bonds is 5. The number of carbonyl (C=O) groups excluding carboxylic acids is 3. The molecule has 3 N–H and O–H groups in total. The topological polar surface area (TPSA) is 118 Å². The first-order valence-electron chi connectivity index (χ1n) is 13.1. The van der Waals surface area contributed by atoms with Gasteiger partial charge in [0.1, 0.15) is 17.8 Å². The molecule has 3 fully saturated rings. The van der Waals surface area contributed by atoms with E-state index in [0.29, 0.717) is 47.2 Å². The van der Waals surface area contributed by atoms with Gasteiger partial charge in [0.15, 0.2) is 0 Å². The summed E-state index contributed by atoms with van der Waals surface area (Å²) in [4.78, 5) is 44.3. The predicted octanol–water partition coefficient (Wildman–Crippen LogP) is 4.56. The number of benzene rings is 1. The number of fused-ring (bicyclic) bond motifs is 1. The maximum absolute atomic E-state index is 13.8. The molecule has 5 rings (SSSR count).